The number of sulfonamides is 1. The molecule has 2 aromatic heterocycles. The second-order valence-electron chi connectivity index (χ2n) is 6.50. The Morgan fingerprint density at radius 1 is 1.07 bits per heavy atom. The fraction of sp³-hybridized carbons (Fsp3) is 0.0500. The fourth-order valence-corrected chi connectivity index (χ4v) is 4.41. The summed E-state index contributed by atoms with van der Waals surface area (Å²) in [5, 5.41) is 1.25. The Labute approximate surface area is 182 Å². The topological polar surface area (TPSA) is 105 Å². The van der Waals surface area contributed by atoms with E-state index >= 15 is 0 Å². The van der Waals surface area contributed by atoms with Gasteiger partial charge in [-0.3, -0.25) is 9.52 Å². The van der Waals surface area contributed by atoms with Gasteiger partial charge in [-0.15, -0.1) is 0 Å². The SMILES string of the molecule is Cc1cc(S(=O)(=O)Nc2cc(Cl)ccc2C(=O)c2ncnc3[nH]ccc23)ccc1Cl. The van der Waals surface area contributed by atoms with E-state index in [1.165, 1.54) is 42.7 Å². The molecule has 0 aliphatic heterocycles. The first kappa shape index (κ1) is 20.3. The normalized spacial score (nSPS) is 11.6. The number of carbonyl (C=O) groups excluding carboxylic acids is 1. The van der Waals surface area contributed by atoms with Gasteiger partial charge in [0, 0.05) is 27.2 Å². The van der Waals surface area contributed by atoms with Crippen LogP contribution in [0.3, 0.4) is 0 Å². The van der Waals surface area contributed by atoms with E-state index in [1.54, 1.807) is 19.2 Å². The Morgan fingerprint density at radius 2 is 1.87 bits per heavy atom. The summed E-state index contributed by atoms with van der Waals surface area (Å²) in [5.74, 6) is -0.469. The van der Waals surface area contributed by atoms with E-state index in [4.69, 9.17) is 23.2 Å². The first-order valence-corrected chi connectivity index (χ1v) is 10.9. The zero-order valence-electron chi connectivity index (χ0n) is 15.5. The van der Waals surface area contributed by atoms with Crippen LogP contribution in [0.25, 0.3) is 11.0 Å². The van der Waals surface area contributed by atoms with Gasteiger partial charge in [-0.2, -0.15) is 0 Å². The number of fused-ring (bicyclic) bond motifs is 1. The van der Waals surface area contributed by atoms with Crippen molar-refractivity contribution < 1.29 is 13.2 Å². The van der Waals surface area contributed by atoms with Gasteiger partial charge >= 0.3 is 0 Å². The van der Waals surface area contributed by atoms with Crippen LogP contribution in [0.15, 0.2) is 59.9 Å². The number of aryl methyl sites for hydroxylation is 1. The van der Waals surface area contributed by atoms with Gasteiger partial charge in [-0.25, -0.2) is 18.4 Å². The summed E-state index contributed by atoms with van der Waals surface area (Å²) in [4.78, 5) is 24.3. The summed E-state index contributed by atoms with van der Waals surface area (Å²) >= 11 is 12.1. The molecule has 2 N–H and O–H groups in total. The molecule has 0 bridgehead atoms. The van der Waals surface area contributed by atoms with Crippen molar-refractivity contribution in [3.05, 3.63) is 81.9 Å². The van der Waals surface area contributed by atoms with Gasteiger partial charge in [0.2, 0.25) is 5.78 Å². The van der Waals surface area contributed by atoms with Crippen LogP contribution in [0.2, 0.25) is 10.0 Å². The number of ketones is 1. The van der Waals surface area contributed by atoms with E-state index < -0.39 is 15.8 Å². The average Bonchev–Trinajstić information content (AvgIpc) is 3.18. The Morgan fingerprint density at radius 3 is 2.63 bits per heavy atom. The van der Waals surface area contributed by atoms with Crippen LogP contribution in [0.5, 0.6) is 0 Å². The molecule has 0 saturated carbocycles. The van der Waals surface area contributed by atoms with Crippen LogP contribution in [0.4, 0.5) is 5.69 Å². The molecule has 0 aliphatic carbocycles. The Kier molecular flexibility index (Phi) is 5.23. The predicted molar refractivity (Wildman–Crippen MR) is 116 cm³/mol. The van der Waals surface area contributed by atoms with Crippen molar-refractivity contribution in [2.45, 2.75) is 11.8 Å². The van der Waals surface area contributed by atoms with E-state index in [0.717, 1.165) is 0 Å². The summed E-state index contributed by atoms with van der Waals surface area (Å²) in [6, 6.07) is 10.4. The molecule has 2 aromatic carbocycles. The van der Waals surface area contributed by atoms with Gasteiger partial charge in [0.15, 0.2) is 0 Å². The van der Waals surface area contributed by atoms with Crippen LogP contribution in [0, 0.1) is 6.92 Å². The Hall–Kier alpha value is -2.94. The molecular weight excluding hydrogens is 447 g/mol. The largest absolute Gasteiger partial charge is 0.346 e. The highest BCUT2D eigenvalue weighted by molar-refractivity contribution is 7.92. The quantitative estimate of drug-likeness (QED) is 0.423. The Balaban J connectivity index is 1.78. The van der Waals surface area contributed by atoms with Gasteiger partial charge in [-0.05, 0) is 55.0 Å². The molecule has 4 aromatic rings. The summed E-state index contributed by atoms with van der Waals surface area (Å²) in [7, 11) is -4.00. The van der Waals surface area contributed by atoms with Gasteiger partial charge in [0.05, 0.1) is 10.6 Å². The third-order valence-electron chi connectivity index (χ3n) is 4.48. The van der Waals surface area contributed by atoms with Crippen molar-refractivity contribution in [1.29, 1.82) is 0 Å². The van der Waals surface area contributed by atoms with Crippen molar-refractivity contribution in [2.75, 3.05) is 4.72 Å². The van der Waals surface area contributed by atoms with E-state index in [-0.39, 0.29) is 26.9 Å². The summed E-state index contributed by atoms with van der Waals surface area (Å²) in [6.07, 6.45) is 2.91. The van der Waals surface area contributed by atoms with E-state index in [9.17, 15) is 13.2 Å². The van der Waals surface area contributed by atoms with Gasteiger partial charge in [-0.1, -0.05) is 23.2 Å². The maximum Gasteiger partial charge on any atom is 0.261 e. The lowest BCUT2D eigenvalue weighted by Gasteiger charge is -2.13. The molecular formula is C20H14Cl2N4O3S. The number of anilines is 1. The molecule has 7 nitrogen and oxygen atoms in total. The monoisotopic (exact) mass is 460 g/mol. The highest BCUT2D eigenvalue weighted by atomic mass is 35.5. The molecule has 10 heteroatoms. The Bertz CT molecular complexity index is 1400. The number of halogens is 2. The number of hydrogen-bond acceptors (Lipinski definition) is 5. The van der Waals surface area contributed by atoms with Crippen molar-refractivity contribution in [3.63, 3.8) is 0 Å². The minimum absolute atomic E-state index is 0.0119. The smallest absolute Gasteiger partial charge is 0.261 e. The molecule has 0 spiro atoms. The number of rotatable bonds is 5. The number of nitrogens with zero attached hydrogens (tertiary/aromatic N) is 2. The summed E-state index contributed by atoms with van der Waals surface area (Å²) < 4.78 is 28.3. The molecule has 0 radical (unpaired) electrons. The third kappa shape index (κ3) is 3.77. The molecule has 30 heavy (non-hydrogen) atoms. The van der Waals surface area contributed by atoms with Crippen LogP contribution in [0.1, 0.15) is 21.6 Å². The van der Waals surface area contributed by atoms with Crippen molar-refractivity contribution in [3.8, 4) is 0 Å². The molecule has 0 aliphatic rings. The maximum absolute atomic E-state index is 13.2. The molecule has 0 atom stereocenters. The number of aromatic nitrogens is 3. The van der Waals surface area contributed by atoms with Crippen LogP contribution < -0.4 is 4.72 Å². The highest BCUT2D eigenvalue weighted by Gasteiger charge is 2.23. The van der Waals surface area contributed by atoms with Crippen molar-refractivity contribution >= 4 is 55.7 Å². The average molecular weight is 461 g/mol. The van der Waals surface area contributed by atoms with Crippen molar-refractivity contribution in [2.24, 2.45) is 0 Å². The zero-order valence-corrected chi connectivity index (χ0v) is 17.8. The molecule has 4 rings (SSSR count). The molecule has 0 amide bonds. The second kappa shape index (κ2) is 7.71. The lowest BCUT2D eigenvalue weighted by Crippen LogP contribution is -2.16. The lowest BCUT2D eigenvalue weighted by molar-refractivity contribution is 0.103. The lowest BCUT2D eigenvalue weighted by atomic mass is 10.0. The molecule has 152 valence electrons. The standard InChI is InChI=1S/C20H14Cl2N4O3S/c1-11-8-13(3-5-16(11)22)30(28,29)26-17-9-12(21)2-4-14(17)19(27)18-15-6-7-23-20(15)25-10-24-18/h2-10,26H,1H3,(H,23,24,25). The fourth-order valence-electron chi connectivity index (χ4n) is 2.97. The molecule has 0 saturated heterocycles. The van der Waals surface area contributed by atoms with Gasteiger partial charge in [0.1, 0.15) is 17.7 Å². The van der Waals surface area contributed by atoms with E-state index in [0.29, 0.717) is 21.6 Å². The number of H-pyrrole nitrogens is 1. The number of aromatic amines is 1. The number of benzene rings is 2. The second-order valence-corrected chi connectivity index (χ2v) is 9.02. The van der Waals surface area contributed by atoms with Gasteiger partial charge in [0.25, 0.3) is 10.0 Å². The van der Waals surface area contributed by atoms with Crippen LogP contribution >= 0.6 is 23.2 Å². The molecule has 2 heterocycles. The first-order valence-electron chi connectivity index (χ1n) is 8.67. The molecule has 0 fully saturated rings. The van der Waals surface area contributed by atoms with E-state index in [2.05, 4.69) is 19.7 Å². The van der Waals surface area contributed by atoms with Crippen LogP contribution in [-0.4, -0.2) is 29.2 Å². The number of nitrogens with one attached hydrogen (secondary N) is 2. The van der Waals surface area contributed by atoms with Crippen LogP contribution in [-0.2, 0) is 10.0 Å². The molecule has 0 unspecified atom stereocenters. The highest BCUT2D eigenvalue weighted by Crippen LogP contribution is 2.28. The summed E-state index contributed by atoms with van der Waals surface area (Å²) in [6.45, 7) is 1.70. The minimum atomic E-state index is -4.00. The number of carbonyl (C=O) groups is 1. The minimum Gasteiger partial charge on any atom is -0.346 e. The third-order valence-corrected chi connectivity index (χ3v) is 6.50. The number of hydrogen-bond donors (Lipinski definition) is 2. The predicted octanol–water partition coefficient (Wildman–Crippen LogP) is 4.60. The first-order chi connectivity index (χ1) is 14.3. The van der Waals surface area contributed by atoms with E-state index in [1.807, 2.05) is 0 Å². The summed E-state index contributed by atoms with van der Waals surface area (Å²) in [5.41, 5.74) is 1.41. The van der Waals surface area contributed by atoms with Crippen molar-refractivity contribution in [1.82, 2.24) is 15.0 Å². The maximum atomic E-state index is 13.2. The zero-order chi connectivity index (χ0) is 21.5. The van der Waals surface area contributed by atoms with Gasteiger partial charge < -0.3 is 4.98 Å².